The smallest absolute Gasteiger partial charge is 0.229 e. The van der Waals surface area contributed by atoms with Gasteiger partial charge in [0.1, 0.15) is 0 Å². The predicted molar refractivity (Wildman–Crippen MR) is 131 cm³/mol. The van der Waals surface area contributed by atoms with E-state index in [1.54, 1.807) is 0 Å². The minimum Gasteiger partial charge on any atom is -0.420 e. The second-order valence-corrected chi connectivity index (χ2v) is 9.45. The molecule has 0 radical (unpaired) electrons. The van der Waals surface area contributed by atoms with Crippen molar-refractivity contribution in [3.63, 3.8) is 0 Å². The molecule has 0 amide bonds. The van der Waals surface area contributed by atoms with Gasteiger partial charge in [0.2, 0.25) is 11.8 Å². The number of ether oxygens (including phenoxy) is 1. The Labute approximate surface area is 202 Å². The molecule has 3 heterocycles. The SMILES string of the molecule is Cc1nn(-c2ccccc2)c2c1C(c1ccc(Cl)c(Cl)c1)c1c(nc3c(c1N)CCCC3)O2. The quantitative estimate of drug-likeness (QED) is 0.310. The zero-order valence-electron chi connectivity index (χ0n) is 18.1. The number of aromatic nitrogens is 3. The number of aryl methyl sites for hydroxylation is 2. The number of fused-ring (bicyclic) bond motifs is 3. The van der Waals surface area contributed by atoms with Gasteiger partial charge in [-0.2, -0.15) is 5.10 Å². The summed E-state index contributed by atoms with van der Waals surface area (Å²) in [5.41, 5.74) is 14.4. The second-order valence-electron chi connectivity index (χ2n) is 8.64. The fourth-order valence-electron chi connectivity index (χ4n) is 5.07. The highest BCUT2D eigenvalue weighted by atomic mass is 35.5. The van der Waals surface area contributed by atoms with Crippen LogP contribution in [0.1, 0.15) is 52.4 Å². The molecule has 2 aromatic carbocycles. The maximum absolute atomic E-state index is 6.84. The van der Waals surface area contributed by atoms with Crippen LogP contribution in [-0.2, 0) is 12.8 Å². The molecule has 1 aliphatic carbocycles. The number of anilines is 1. The van der Waals surface area contributed by atoms with E-state index in [0.29, 0.717) is 21.8 Å². The lowest BCUT2D eigenvalue weighted by atomic mass is 9.81. The summed E-state index contributed by atoms with van der Waals surface area (Å²) in [6.07, 6.45) is 4.08. The number of pyridine rings is 1. The summed E-state index contributed by atoms with van der Waals surface area (Å²) in [4.78, 5) is 4.97. The molecule has 0 spiro atoms. The van der Waals surface area contributed by atoms with Gasteiger partial charge >= 0.3 is 0 Å². The van der Waals surface area contributed by atoms with Crippen LogP contribution in [0, 0.1) is 6.92 Å². The van der Waals surface area contributed by atoms with Gasteiger partial charge in [-0.3, -0.25) is 0 Å². The number of benzene rings is 2. The van der Waals surface area contributed by atoms with Crippen LogP contribution in [-0.4, -0.2) is 14.8 Å². The lowest BCUT2D eigenvalue weighted by Crippen LogP contribution is -2.20. The van der Waals surface area contributed by atoms with Gasteiger partial charge in [0, 0.05) is 22.9 Å². The molecule has 6 rings (SSSR count). The molecule has 2 N–H and O–H groups in total. The highest BCUT2D eigenvalue weighted by molar-refractivity contribution is 6.42. The average molecular weight is 477 g/mol. The maximum Gasteiger partial charge on any atom is 0.229 e. The Kier molecular flexibility index (Phi) is 4.86. The van der Waals surface area contributed by atoms with Crippen molar-refractivity contribution in [2.75, 3.05) is 5.73 Å². The van der Waals surface area contributed by atoms with Crippen molar-refractivity contribution in [2.24, 2.45) is 0 Å². The van der Waals surface area contributed by atoms with E-state index >= 15 is 0 Å². The van der Waals surface area contributed by atoms with Crippen LogP contribution in [0.25, 0.3) is 5.69 Å². The molecule has 33 heavy (non-hydrogen) atoms. The first kappa shape index (κ1) is 20.6. The average Bonchev–Trinajstić information content (AvgIpc) is 3.16. The standard InChI is InChI=1S/C26H22Cl2N4O/c1-14-21-22(15-11-12-18(27)19(28)13-15)23-24(29)17-9-5-6-10-20(17)30-25(23)33-26(21)32(31-14)16-7-3-2-4-8-16/h2-4,7-8,11-13,22H,5-6,9-10H2,1H3,(H2,29,30). The molecule has 1 unspecified atom stereocenters. The Morgan fingerprint density at radius 1 is 1.00 bits per heavy atom. The van der Waals surface area contributed by atoms with Crippen molar-refractivity contribution in [1.29, 1.82) is 0 Å². The Morgan fingerprint density at radius 2 is 1.79 bits per heavy atom. The van der Waals surface area contributed by atoms with Gasteiger partial charge < -0.3 is 10.5 Å². The summed E-state index contributed by atoms with van der Waals surface area (Å²) in [6, 6.07) is 15.7. The van der Waals surface area contributed by atoms with E-state index in [4.69, 9.17) is 43.8 Å². The van der Waals surface area contributed by atoms with Gasteiger partial charge in [-0.1, -0.05) is 47.5 Å². The molecular weight excluding hydrogens is 455 g/mol. The predicted octanol–water partition coefficient (Wildman–Crippen LogP) is 6.63. The van der Waals surface area contributed by atoms with Crippen molar-refractivity contribution < 1.29 is 4.74 Å². The van der Waals surface area contributed by atoms with Crippen LogP contribution >= 0.6 is 23.2 Å². The number of halogens is 2. The number of nitrogen functional groups attached to an aromatic ring is 1. The van der Waals surface area contributed by atoms with Crippen molar-refractivity contribution in [3.05, 3.63) is 92.2 Å². The molecule has 1 atom stereocenters. The molecule has 166 valence electrons. The molecule has 2 aromatic heterocycles. The maximum atomic E-state index is 6.84. The van der Waals surface area contributed by atoms with Crippen LogP contribution in [0.15, 0.2) is 48.5 Å². The Morgan fingerprint density at radius 3 is 2.58 bits per heavy atom. The van der Waals surface area contributed by atoms with E-state index in [0.717, 1.165) is 70.7 Å². The third-order valence-electron chi connectivity index (χ3n) is 6.63. The first-order valence-corrected chi connectivity index (χ1v) is 11.9. The highest BCUT2D eigenvalue weighted by Crippen LogP contribution is 2.52. The lowest BCUT2D eigenvalue weighted by Gasteiger charge is -2.30. The number of nitrogens with two attached hydrogens (primary N) is 1. The van der Waals surface area contributed by atoms with Crippen LogP contribution in [0.3, 0.4) is 0 Å². The molecule has 0 fully saturated rings. The van der Waals surface area contributed by atoms with Crippen molar-refractivity contribution in [1.82, 2.24) is 14.8 Å². The van der Waals surface area contributed by atoms with Crippen molar-refractivity contribution >= 4 is 28.9 Å². The zero-order chi connectivity index (χ0) is 22.7. The van der Waals surface area contributed by atoms with E-state index < -0.39 is 0 Å². The summed E-state index contributed by atoms with van der Waals surface area (Å²) in [5, 5.41) is 5.87. The number of nitrogens with zero attached hydrogens (tertiary/aromatic N) is 3. The van der Waals surface area contributed by atoms with E-state index in [2.05, 4.69) is 0 Å². The number of hydrogen-bond donors (Lipinski definition) is 1. The van der Waals surface area contributed by atoms with E-state index in [1.165, 1.54) is 0 Å². The first-order valence-electron chi connectivity index (χ1n) is 11.1. The van der Waals surface area contributed by atoms with E-state index in [1.807, 2.05) is 60.1 Å². The summed E-state index contributed by atoms with van der Waals surface area (Å²) >= 11 is 12.7. The molecule has 4 aromatic rings. The van der Waals surface area contributed by atoms with Gasteiger partial charge in [0.25, 0.3) is 0 Å². The molecule has 0 saturated heterocycles. The van der Waals surface area contributed by atoms with Crippen LogP contribution in [0.2, 0.25) is 10.0 Å². The van der Waals surface area contributed by atoms with Gasteiger partial charge in [-0.15, -0.1) is 0 Å². The first-order chi connectivity index (χ1) is 16.0. The summed E-state index contributed by atoms with van der Waals surface area (Å²) < 4.78 is 8.33. The molecule has 5 nitrogen and oxygen atoms in total. The van der Waals surface area contributed by atoms with Gasteiger partial charge in [0.15, 0.2) is 0 Å². The molecule has 0 bridgehead atoms. The monoisotopic (exact) mass is 476 g/mol. The van der Waals surface area contributed by atoms with Crippen LogP contribution in [0.5, 0.6) is 11.8 Å². The fraction of sp³-hybridized carbons (Fsp3) is 0.231. The van der Waals surface area contributed by atoms with Crippen molar-refractivity contribution in [3.8, 4) is 17.4 Å². The van der Waals surface area contributed by atoms with Crippen LogP contribution in [0.4, 0.5) is 5.69 Å². The van der Waals surface area contributed by atoms with Crippen LogP contribution < -0.4 is 10.5 Å². The fourth-order valence-corrected chi connectivity index (χ4v) is 5.38. The Hall–Kier alpha value is -3.02. The van der Waals surface area contributed by atoms with E-state index in [9.17, 15) is 0 Å². The normalized spacial score (nSPS) is 16.5. The van der Waals surface area contributed by atoms with Crippen molar-refractivity contribution in [2.45, 2.75) is 38.5 Å². The molecule has 7 heteroatoms. The minimum atomic E-state index is -0.212. The zero-order valence-corrected chi connectivity index (χ0v) is 19.6. The number of para-hydroxylation sites is 1. The molecule has 0 saturated carbocycles. The Balaban J connectivity index is 1.64. The van der Waals surface area contributed by atoms with E-state index in [-0.39, 0.29) is 5.92 Å². The highest BCUT2D eigenvalue weighted by Gasteiger charge is 2.38. The lowest BCUT2D eigenvalue weighted by molar-refractivity contribution is 0.401. The molecular formula is C26H22Cl2N4O. The number of rotatable bonds is 2. The summed E-state index contributed by atoms with van der Waals surface area (Å²) in [5.74, 6) is 0.995. The second kappa shape index (κ2) is 7.79. The minimum absolute atomic E-state index is 0.212. The number of hydrogen-bond acceptors (Lipinski definition) is 4. The summed E-state index contributed by atoms with van der Waals surface area (Å²) in [6.45, 7) is 2.00. The van der Waals surface area contributed by atoms with Gasteiger partial charge in [-0.05, 0) is 68.0 Å². The topological polar surface area (TPSA) is 66.0 Å². The van der Waals surface area contributed by atoms with Gasteiger partial charge in [-0.25, -0.2) is 9.67 Å². The molecule has 2 aliphatic rings. The largest absolute Gasteiger partial charge is 0.420 e. The Bertz CT molecular complexity index is 1400. The van der Waals surface area contributed by atoms with Gasteiger partial charge in [0.05, 0.1) is 27.0 Å². The third kappa shape index (κ3) is 3.22. The summed E-state index contributed by atoms with van der Waals surface area (Å²) in [7, 11) is 0. The third-order valence-corrected chi connectivity index (χ3v) is 7.37. The molecule has 1 aliphatic heterocycles.